The Hall–Kier alpha value is -1.35. The summed E-state index contributed by atoms with van der Waals surface area (Å²) in [6, 6.07) is 7.52. The molecule has 1 aromatic carbocycles. The molecule has 2 atom stereocenters. The molecule has 18 heavy (non-hydrogen) atoms. The van der Waals surface area contributed by atoms with Gasteiger partial charge in [-0.15, -0.1) is 0 Å². The van der Waals surface area contributed by atoms with Gasteiger partial charge in [-0.2, -0.15) is 0 Å². The van der Waals surface area contributed by atoms with Gasteiger partial charge in [0.25, 0.3) is 0 Å². The first kappa shape index (κ1) is 14.7. The van der Waals surface area contributed by atoms with Crippen molar-refractivity contribution in [2.24, 2.45) is 5.92 Å². The lowest BCUT2D eigenvalue weighted by Crippen LogP contribution is -2.22. The van der Waals surface area contributed by atoms with E-state index in [2.05, 4.69) is 0 Å². The number of aliphatic carboxylic acids is 1. The maximum Gasteiger partial charge on any atom is 0.309 e. The van der Waals surface area contributed by atoms with Gasteiger partial charge in [0.1, 0.15) is 0 Å². The minimum Gasteiger partial charge on any atom is -0.481 e. The summed E-state index contributed by atoms with van der Waals surface area (Å²) in [5, 5.41) is 19.5. The van der Waals surface area contributed by atoms with E-state index in [0.717, 1.165) is 30.4 Å². The average molecular weight is 250 g/mol. The van der Waals surface area contributed by atoms with Crippen LogP contribution >= 0.6 is 0 Å². The summed E-state index contributed by atoms with van der Waals surface area (Å²) in [6.07, 6.45) is 2.16. The molecule has 0 saturated carbocycles. The van der Waals surface area contributed by atoms with Crippen LogP contribution in [0.25, 0.3) is 0 Å². The fourth-order valence-corrected chi connectivity index (χ4v) is 2.20. The van der Waals surface area contributed by atoms with E-state index < -0.39 is 18.0 Å². The molecule has 0 saturated heterocycles. The lowest BCUT2D eigenvalue weighted by Gasteiger charge is -2.21. The highest BCUT2D eigenvalue weighted by Gasteiger charge is 2.28. The Labute approximate surface area is 108 Å². The number of carboxylic acids is 1. The highest BCUT2D eigenvalue weighted by Crippen LogP contribution is 2.29. The van der Waals surface area contributed by atoms with E-state index in [1.54, 1.807) is 0 Å². The molecule has 0 bridgehead atoms. The summed E-state index contributed by atoms with van der Waals surface area (Å²) < 4.78 is 0. The van der Waals surface area contributed by atoms with Gasteiger partial charge in [-0.05, 0) is 24.0 Å². The van der Waals surface area contributed by atoms with Crippen LogP contribution in [0.15, 0.2) is 24.3 Å². The lowest BCUT2D eigenvalue weighted by atomic mass is 9.88. The highest BCUT2D eigenvalue weighted by atomic mass is 16.4. The molecule has 0 fully saturated rings. The second-order valence-electron chi connectivity index (χ2n) is 4.58. The zero-order valence-electron chi connectivity index (χ0n) is 11.1. The van der Waals surface area contributed by atoms with Crippen molar-refractivity contribution in [3.8, 4) is 0 Å². The van der Waals surface area contributed by atoms with Crippen molar-refractivity contribution in [3.63, 3.8) is 0 Å². The summed E-state index contributed by atoms with van der Waals surface area (Å²) >= 11 is 0. The van der Waals surface area contributed by atoms with E-state index in [0.29, 0.717) is 6.42 Å². The molecule has 2 unspecified atom stereocenters. The van der Waals surface area contributed by atoms with Crippen molar-refractivity contribution in [3.05, 3.63) is 35.4 Å². The molecule has 0 aliphatic heterocycles. The van der Waals surface area contributed by atoms with Crippen LogP contribution in [0.5, 0.6) is 0 Å². The van der Waals surface area contributed by atoms with Crippen LogP contribution in [0.4, 0.5) is 0 Å². The fraction of sp³-hybridized carbons (Fsp3) is 0.533. The molecule has 0 aromatic heterocycles. The molecule has 0 radical (unpaired) electrons. The topological polar surface area (TPSA) is 57.5 Å². The maximum atomic E-state index is 11.3. The van der Waals surface area contributed by atoms with Crippen LogP contribution in [0, 0.1) is 5.92 Å². The summed E-state index contributed by atoms with van der Waals surface area (Å²) in [4.78, 5) is 11.3. The smallest absolute Gasteiger partial charge is 0.309 e. The number of hydrogen-bond donors (Lipinski definition) is 2. The lowest BCUT2D eigenvalue weighted by molar-refractivity contribution is -0.146. The summed E-state index contributed by atoms with van der Waals surface area (Å²) in [5.41, 5.74) is 1.77. The number of benzene rings is 1. The Bertz CT molecular complexity index is 387. The third-order valence-corrected chi connectivity index (χ3v) is 3.32. The number of unbranched alkanes of at least 4 members (excludes halogenated alkanes) is 1. The van der Waals surface area contributed by atoms with Crippen molar-refractivity contribution in [2.45, 2.75) is 45.6 Å². The molecule has 100 valence electrons. The Morgan fingerprint density at radius 3 is 2.50 bits per heavy atom. The van der Waals surface area contributed by atoms with Crippen molar-refractivity contribution >= 4 is 5.97 Å². The number of carbonyl (C=O) groups is 1. The Morgan fingerprint density at radius 2 is 1.94 bits per heavy atom. The second kappa shape index (κ2) is 7.17. The zero-order chi connectivity index (χ0) is 13.5. The normalized spacial score (nSPS) is 14.2. The summed E-state index contributed by atoms with van der Waals surface area (Å²) in [6.45, 7) is 4.03. The van der Waals surface area contributed by atoms with Crippen LogP contribution in [-0.2, 0) is 11.2 Å². The Morgan fingerprint density at radius 1 is 1.28 bits per heavy atom. The van der Waals surface area contributed by atoms with Crippen molar-refractivity contribution in [1.82, 2.24) is 0 Å². The molecule has 1 aromatic rings. The van der Waals surface area contributed by atoms with E-state index in [1.165, 1.54) is 0 Å². The molecule has 1 rings (SSSR count). The van der Waals surface area contributed by atoms with Crippen LogP contribution in [0.3, 0.4) is 0 Å². The molecule has 3 nitrogen and oxygen atoms in total. The minimum atomic E-state index is -0.915. The van der Waals surface area contributed by atoms with Crippen molar-refractivity contribution in [1.29, 1.82) is 0 Å². The number of aliphatic hydroxyl groups is 1. The van der Waals surface area contributed by atoms with Gasteiger partial charge in [0.2, 0.25) is 0 Å². The molecule has 0 aliphatic rings. The molecule has 0 heterocycles. The quantitative estimate of drug-likeness (QED) is 0.781. The second-order valence-corrected chi connectivity index (χ2v) is 4.58. The molecule has 0 amide bonds. The number of aryl methyl sites for hydroxylation is 1. The zero-order valence-corrected chi connectivity index (χ0v) is 11.1. The van der Waals surface area contributed by atoms with Crippen LogP contribution in [-0.4, -0.2) is 16.2 Å². The monoisotopic (exact) mass is 250 g/mol. The SMILES string of the molecule is CCCCC(C(=O)O)C(O)c1ccccc1CC. The van der Waals surface area contributed by atoms with Gasteiger partial charge >= 0.3 is 5.97 Å². The fourth-order valence-electron chi connectivity index (χ4n) is 2.20. The van der Waals surface area contributed by atoms with Gasteiger partial charge in [0.05, 0.1) is 12.0 Å². The molecule has 3 heteroatoms. The number of aliphatic hydroxyl groups excluding tert-OH is 1. The van der Waals surface area contributed by atoms with Gasteiger partial charge < -0.3 is 10.2 Å². The van der Waals surface area contributed by atoms with Gasteiger partial charge in [0, 0.05) is 0 Å². The Balaban J connectivity index is 2.94. The number of carboxylic acid groups (broad SMARTS) is 1. The van der Waals surface area contributed by atoms with Crippen LogP contribution in [0.1, 0.15) is 50.3 Å². The molecular formula is C15H22O3. The first-order chi connectivity index (χ1) is 8.61. The minimum absolute atomic E-state index is 0.519. The molecular weight excluding hydrogens is 228 g/mol. The van der Waals surface area contributed by atoms with E-state index >= 15 is 0 Å². The predicted octanol–water partition coefficient (Wildman–Crippen LogP) is 3.17. The molecule has 2 N–H and O–H groups in total. The Kier molecular flexibility index (Phi) is 5.86. The average Bonchev–Trinajstić information content (AvgIpc) is 2.38. The van der Waals surface area contributed by atoms with Gasteiger partial charge in [-0.1, -0.05) is 51.0 Å². The summed E-state index contributed by atoms with van der Waals surface area (Å²) in [7, 11) is 0. The first-order valence-corrected chi connectivity index (χ1v) is 6.60. The van der Waals surface area contributed by atoms with Gasteiger partial charge in [-0.25, -0.2) is 0 Å². The van der Waals surface area contributed by atoms with Crippen LogP contribution < -0.4 is 0 Å². The maximum absolute atomic E-state index is 11.3. The number of rotatable bonds is 7. The standard InChI is InChI=1S/C15H22O3/c1-3-5-9-13(15(17)18)14(16)12-10-7-6-8-11(12)4-2/h6-8,10,13-14,16H,3-5,9H2,1-2H3,(H,17,18). The highest BCUT2D eigenvalue weighted by molar-refractivity contribution is 5.71. The number of hydrogen-bond acceptors (Lipinski definition) is 2. The largest absolute Gasteiger partial charge is 0.481 e. The van der Waals surface area contributed by atoms with Crippen molar-refractivity contribution in [2.75, 3.05) is 0 Å². The third-order valence-electron chi connectivity index (χ3n) is 3.32. The summed E-state index contributed by atoms with van der Waals surface area (Å²) in [5.74, 6) is -1.63. The van der Waals surface area contributed by atoms with E-state index in [4.69, 9.17) is 0 Å². The van der Waals surface area contributed by atoms with E-state index in [9.17, 15) is 15.0 Å². The van der Waals surface area contributed by atoms with Gasteiger partial charge in [-0.3, -0.25) is 4.79 Å². The van der Waals surface area contributed by atoms with Gasteiger partial charge in [0.15, 0.2) is 0 Å². The van der Waals surface area contributed by atoms with Crippen LogP contribution in [0.2, 0.25) is 0 Å². The third kappa shape index (κ3) is 3.57. The predicted molar refractivity (Wildman–Crippen MR) is 71.4 cm³/mol. The van der Waals surface area contributed by atoms with E-state index in [1.807, 2.05) is 38.1 Å². The van der Waals surface area contributed by atoms with Crippen molar-refractivity contribution < 1.29 is 15.0 Å². The first-order valence-electron chi connectivity index (χ1n) is 6.60. The molecule has 0 aliphatic carbocycles. The molecule has 0 spiro atoms. The van der Waals surface area contributed by atoms with E-state index in [-0.39, 0.29) is 0 Å².